The van der Waals surface area contributed by atoms with Crippen LogP contribution < -0.4 is 20.9 Å². The first-order valence-corrected chi connectivity index (χ1v) is 15.5. The molecule has 1 aromatic heterocycles. The molecule has 5 rings (SSSR count). The summed E-state index contributed by atoms with van der Waals surface area (Å²) in [4.78, 5) is 45.1. The highest BCUT2D eigenvalue weighted by molar-refractivity contribution is 9.10. The number of para-hydroxylation sites is 2. The molecule has 1 atom stereocenters. The topological polar surface area (TPSA) is 109 Å². The Morgan fingerprint density at radius 1 is 1.10 bits per heavy atom. The number of fused-ring (bicyclic) bond motifs is 2. The van der Waals surface area contributed by atoms with Crippen LogP contribution in [0, 0.1) is 6.92 Å². The number of benzene rings is 3. The molecule has 0 spiro atoms. The fraction of sp³-hybridized carbons (Fsp3) is 0.281. The van der Waals surface area contributed by atoms with Gasteiger partial charge in [0.05, 0.1) is 15.8 Å². The summed E-state index contributed by atoms with van der Waals surface area (Å²) >= 11 is 5.13. The lowest BCUT2D eigenvalue weighted by molar-refractivity contribution is -0.127. The van der Waals surface area contributed by atoms with Crippen molar-refractivity contribution in [1.82, 2.24) is 5.32 Å². The molecule has 10 heteroatoms. The number of anilines is 3. The summed E-state index contributed by atoms with van der Waals surface area (Å²) in [5.41, 5.74) is 8.37. The summed E-state index contributed by atoms with van der Waals surface area (Å²) in [6.07, 6.45) is 0.0849. The van der Waals surface area contributed by atoms with Gasteiger partial charge in [-0.2, -0.15) is 0 Å². The van der Waals surface area contributed by atoms with Crippen LogP contribution in [0.1, 0.15) is 43.1 Å². The van der Waals surface area contributed by atoms with E-state index < -0.39 is 11.6 Å². The molecule has 42 heavy (non-hydrogen) atoms. The van der Waals surface area contributed by atoms with Gasteiger partial charge in [-0.15, -0.1) is 11.8 Å². The van der Waals surface area contributed by atoms with Crippen LogP contribution in [0.25, 0.3) is 11.0 Å². The van der Waals surface area contributed by atoms with Crippen LogP contribution in [0.3, 0.4) is 0 Å². The molecular formula is C32H33BrN4O4S. The van der Waals surface area contributed by atoms with Gasteiger partial charge in [-0.1, -0.05) is 30.3 Å². The van der Waals surface area contributed by atoms with Crippen molar-refractivity contribution in [2.75, 3.05) is 22.1 Å². The standard InChI is InChI=1S/C32H33BrN4O4S/c1-5-36(31-28(33)21-11-6-8-15-25(21)41-31)29(39)20-12-10-14-23(19(20)2)37-24-13-7-9-16-26(24)42-18-22(30(37)40)35-27(38)17-32(3,4)34/h6-16,22H,5,17-18,34H2,1-4H3,(H,35,38). The molecular weight excluding hydrogens is 616 g/mol. The van der Waals surface area contributed by atoms with Gasteiger partial charge in [0.25, 0.3) is 11.8 Å². The third kappa shape index (κ3) is 5.84. The number of hydrogen-bond donors (Lipinski definition) is 2. The number of carbonyl (C=O) groups excluding carboxylic acids is 3. The van der Waals surface area contributed by atoms with Crippen LogP contribution >= 0.6 is 27.7 Å². The molecule has 0 bridgehead atoms. The van der Waals surface area contributed by atoms with Crippen LogP contribution in [0.15, 0.2) is 80.5 Å². The second-order valence-electron chi connectivity index (χ2n) is 11.0. The quantitative estimate of drug-likeness (QED) is 0.235. The Morgan fingerprint density at radius 2 is 1.79 bits per heavy atom. The van der Waals surface area contributed by atoms with E-state index in [2.05, 4.69) is 21.2 Å². The minimum Gasteiger partial charge on any atom is -0.439 e. The summed E-state index contributed by atoms with van der Waals surface area (Å²) in [6, 6.07) is 19.8. The molecule has 8 nitrogen and oxygen atoms in total. The zero-order valence-corrected chi connectivity index (χ0v) is 26.3. The van der Waals surface area contributed by atoms with Crippen molar-refractivity contribution in [2.45, 2.75) is 50.6 Å². The van der Waals surface area contributed by atoms with E-state index in [9.17, 15) is 14.4 Å². The number of amides is 3. The van der Waals surface area contributed by atoms with Crippen LogP contribution in [0.2, 0.25) is 0 Å². The first kappa shape index (κ1) is 29.9. The van der Waals surface area contributed by atoms with Gasteiger partial charge >= 0.3 is 0 Å². The van der Waals surface area contributed by atoms with Crippen molar-refractivity contribution < 1.29 is 18.8 Å². The Balaban J connectivity index is 1.54. The maximum absolute atomic E-state index is 14.1. The van der Waals surface area contributed by atoms with Crippen molar-refractivity contribution in [3.05, 3.63) is 82.3 Å². The largest absolute Gasteiger partial charge is 0.439 e. The minimum absolute atomic E-state index is 0.0849. The third-order valence-electron chi connectivity index (χ3n) is 7.08. The maximum atomic E-state index is 14.1. The monoisotopic (exact) mass is 648 g/mol. The fourth-order valence-electron chi connectivity index (χ4n) is 5.09. The average molecular weight is 650 g/mol. The molecule has 3 N–H and O–H groups in total. The summed E-state index contributed by atoms with van der Waals surface area (Å²) in [7, 11) is 0. The normalized spacial score (nSPS) is 15.3. The number of hydrogen-bond acceptors (Lipinski definition) is 6. The first-order chi connectivity index (χ1) is 20.0. The van der Waals surface area contributed by atoms with Gasteiger partial charge < -0.3 is 15.5 Å². The number of carbonyl (C=O) groups is 3. The molecule has 4 aromatic rings. The molecule has 0 fully saturated rings. The maximum Gasteiger partial charge on any atom is 0.260 e. The van der Waals surface area contributed by atoms with E-state index in [-0.39, 0.29) is 24.1 Å². The molecule has 0 radical (unpaired) electrons. The summed E-state index contributed by atoms with van der Waals surface area (Å²) < 4.78 is 6.79. The number of halogens is 1. The second kappa shape index (κ2) is 11.9. The first-order valence-electron chi connectivity index (χ1n) is 13.7. The lowest BCUT2D eigenvalue weighted by atomic mass is 10.0. The van der Waals surface area contributed by atoms with Crippen molar-refractivity contribution in [3.63, 3.8) is 0 Å². The van der Waals surface area contributed by atoms with Crippen molar-refractivity contribution in [1.29, 1.82) is 0 Å². The minimum atomic E-state index is -0.783. The van der Waals surface area contributed by atoms with Crippen LogP contribution in [-0.4, -0.2) is 41.6 Å². The van der Waals surface area contributed by atoms with E-state index in [4.69, 9.17) is 10.2 Å². The Bertz CT molecular complexity index is 1680. The highest BCUT2D eigenvalue weighted by Crippen LogP contribution is 2.41. The van der Waals surface area contributed by atoms with Crippen LogP contribution in [0.5, 0.6) is 0 Å². The number of rotatable bonds is 7. The van der Waals surface area contributed by atoms with Crippen molar-refractivity contribution in [2.24, 2.45) is 5.73 Å². The summed E-state index contributed by atoms with van der Waals surface area (Å²) in [6.45, 7) is 7.64. The van der Waals surface area contributed by atoms with Crippen molar-refractivity contribution >= 4 is 73.6 Å². The van der Waals surface area contributed by atoms with E-state index in [1.54, 1.807) is 35.8 Å². The Kier molecular flexibility index (Phi) is 8.50. The average Bonchev–Trinajstić information content (AvgIpc) is 3.20. The zero-order valence-electron chi connectivity index (χ0n) is 23.9. The predicted octanol–water partition coefficient (Wildman–Crippen LogP) is 6.55. The van der Waals surface area contributed by atoms with Crippen LogP contribution in [-0.2, 0) is 9.59 Å². The number of nitrogens with two attached hydrogens (primary N) is 1. The number of nitrogens with zero attached hydrogens (tertiary/aromatic N) is 2. The molecule has 0 aliphatic carbocycles. The highest BCUT2D eigenvalue weighted by atomic mass is 79.9. The van der Waals surface area contributed by atoms with Gasteiger partial charge in [0, 0.05) is 40.1 Å². The Morgan fingerprint density at radius 3 is 2.50 bits per heavy atom. The number of furan rings is 1. The highest BCUT2D eigenvalue weighted by Gasteiger charge is 2.35. The zero-order chi connectivity index (χ0) is 30.2. The van der Waals surface area contributed by atoms with Crippen molar-refractivity contribution in [3.8, 4) is 0 Å². The van der Waals surface area contributed by atoms with Gasteiger partial charge in [0.15, 0.2) is 0 Å². The SMILES string of the molecule is CCN(C(=O)c1cccc(N2C(=O)C(NC(=O)CC(C)(C)N)CSc3ccccc32)c1C)c1oc2ccccc2c1Br. The summed E-state index contributed by atoms with van der Waals surface area (Å²) in [5, 5.41) is 3.78. The molecule has 0 saturated heterocycles. The molecule has 3 amide bonds. The Hall–Kier alpha value is -3.60. The lowest BCUT2D eigenvalue weighted by Gasteiger charge is -2.29. The van der Waals surface area contributed by atoms with Gasteiger partial charge in [-0.05, 0) is 85.6 Å². The number of thioether (sulfide) groups is 1. The summed E-state index contributed by atoms with van der Waals surface area (Å²) in [5.74, 6) is -0.0354. The fourth-order valence-corrected chi connectivity index (χ4v) is 6.77. The number of nitrogens with one attached hydrogen (secondary N) is 1. The van der Waals surface area contributed by atoms with Gasteiger partial charge in [-0.3, -0.25) is 24.2 Å². The molecule has 2 heterocycles. The second-order valence-corrected chi connectivity index (χ2v) is 12.8. The van der Waals surface area contributed by atoms with E-state index in [1.165, 1.54) is 11.8 Å². The van der Waals surface area contributed by atoms with Gasteiger partial charge in [-0.25, -0.2) is 0 Å². The lowest BCUT2D eigenvalue weighted by Crippen LogP contribution is -2.50. The molecule has 0 saturated carbocycles. The van der Waals surface area contributed by atoms with Gasteiger partial charge in [0.1, 0.15) is 11.6 Å². The van der Waals surface area contributed by atoms with E-state index in [0.29, 0.717) is 50.7 Å². The molecule has 218 valence electrons. The van der Waals surface area contributed by atoms with Crippen LogP contribution in [0.4, 0.5) is 17.3 Å². The van der Waals surface area contributed by atoms with E-state index in [1.807, 2.05) is 68.4 Å². The van der Waals surface area contributed by atoms with E-state index >= 15 is 0 Å². The van der Waals surface area contributed by atoms with E-state index in [0.717, 1.165) is 10.3 Å². The molecule has 3 aromatic carbocycles. The smallest absolute Gasteiger partial charge is 0.260 e. The van der Waals surface area contributed by atoms with Gasteiger partial charge in [0.2, 0.25) is 11.8 Å². The molecule has 1 aliphatic rings. The molecule has 1 unspecified atom stereocenters. The Labute approximate surface area is 257 Å². The molecule has 1 aliphatic heterocycles. The predicted molar refractivity (Wildman–Crippen MR) is 172 cm³/mol. The third-order valence-corrected chi connectivity index (χ3v) is 9.01.